The van der Waals surface area contributed by atoms with Crippen molar-refractivity contribution in [2.24, 2.45) is 0 Å². The third-order valence-corrected chi connectivity index (χ3v) is 4.40. The van der Waals surface area contributed by atoms with Crippen LogP contribution in [-0.4, -0.2) is 24.3 Å². The number of hydrogen-bond donors (Lipinski definition) is 1. The quantitative estimate of drug-likeness (QED) is 0.617. The van der Waals surface area contributed by atoms with Crippen LogP contribution in [0.4, 0.5) is 5.95 Å². The van der Waals surface area contributed by atoms with Crippen molar-refractivity contribution >= 4 is 38.7 Å². The Morgan fingerprint density at radius 1 is 1.33 bits per heavy atom. The molecule has 2 N–H and O–H groups in total. The number of imidazole rings is 1. The van der Waals surface area contributed by atoms with Gasteiger partial charge in [-0.15, -0.1) is 11.3 Å². The van der Waals surface area contributed by atoms with Crippen LogP contribution in [0.2, 0.25) is 0 Å². The molecule has 6 nitrogen and oxygen atoms in total. The average molecular weight is 298 g/mol. The second kappa shape index (κ2) is 4.29. The fourth-order valence-corrected chi connectivity index (χ4v) is 3.35. The predicted octanol–water partition coefficient (Wildman–Crippen LogP) is 2.74. The SMILES string of the molecule is CCn1nc(C)c2nc(N)n(-c3ccc4ncsc4c3)c21. The Morgan fingerprint density at radius 3 is 3.00 bits per heavy atom. The molecule has 0 amide bonds. The van der Waals surface area contributed by atoms with E-state index in [0.717, 1.165) is 39.3 Å². The molecule has 0 spiro atoms. The van der Waals surface area contributed by atoms with Crippen molar-refractivity contribution in [2.75, 3.05) is 5.73 Å². The Labute approximate surface area is 124 Å². The van der Waals surface area contributed by atoms with Crippen LogP contribution in [0, 0.1) is 6.92 Å². The zero-order valence-electron chi connectivity index (χ0n) is 11.7. The monoisotopic (exact) mass is 298 g/mol. The van der Waals surface area contributed by atoms with Gasteiger partial charge >= 0.3 is 0 Å². The Bertz CT molecular complexity index is 961. The van der Waals surface area contributed by atoms with Crippen molar-refractivity contribution in [1.82, 2.24) is 24.3 Å². The van der Waals surface area contributed by atoms with Gasteiger partial charge in [-0.05, 0) is 32.0 Å². The summed E-state index contributed by atoms with van der Waals surface area (Å²) in [5.74, 6) is 0.483. The number of aryl methyl sites for hydroxylation is 2. The molecule has 0 saturated heterocycles. The summed E-state index contributed by atoms with van der Waals surface area (Å²) in [6, 6.07) is 6.11. The molecule has 0 fully saturated rings. The highest BCUT2D eigenvalue weighted by molar-refractivity contribution is 7.16. The number of hydrogen-bond acceptors (Lipinski definition) is 5. The molecule has 0 aliphatic rings. The van der Waals surface area contributed by atoms with Gasteiger partial charge in [0.2, 0.25) is 5.95 Å². The maximum Gasteiger partial charge on any atom is 0.207 e. The lowest BCUT2D eigenvalue weighted by molar-refractivity contribution is 0.663. The van der Waals surface area contributed by atoms with Gasteiger partial charge in [-0.25, -0.2) is 14.6 Å². The van der Waals surface area contributed by atoms with E-state index in [1.54, 1.807) is 11.3 Å². The molecule has 7 heteroatoms. The maximum atomic E-state index is 6.14. The molecule has 0 aliphatic heterocycles. The summed E-state index contributed by atoms with van der Waals surface area (Å²) in [4.78, 5) is 8.78. The van der Waals surface area contributed by atoms with Crippen LogP contribution >= 0.6 is 11.3 Å². The molecular formula is C14H14N6S. The maximum absolute atomic E-state index is 6.14. The zero-order chi connectivity index (χ0) is 14.6. The average Bonchev–Trinajstić information content (AvgIpc) is 3.14. The van der Waals surface area contributed by atoms with Crippen molar-refractivity contribution in [1.29, 1.82) is 0 Å². The molecule has 4 aromatic rings. The first-order valence-electron chi connectivity index (χ1n) is 6.74. The van der Waals surface area contributed by atoms with E-state index < -0.39 is 0 Å². The molecule has 3 aromatic heterocycles. The number of anilines is 1. The highest BCUT2D eigenvalue weighted by Gasteiger charge is 2.18. The van der Waals surface area contributed by atoms with Crippen LogP contribution in [0.15, 0.2) is 23.7 Å². The number of nitrogens with zero attached hydrogens (tertiary/aromatic N) is 5. The molecule has 106 valence electrons. The molecule has 0 bridgehead atoms. The first kappa shape index (κ1) is 12.3. The molecular weight excluding hydrogens is 284 g/mol. The van der Waals surface area contributed by atoms with Crippen molar-refractivity contribution < 1.29 is 0 Å². The van der Waals surface area contributed by atoms with Gasteiger partial charge in [0.25, 0.3) is 0 Å². The van der Waals surface area contributed by atoms with Crippen molar-refractivity contribution in [2.45, 2.75) is 20.4 Å². The summed E-state index contributed by atoms with van der Waals surface area (Å²) in [5, 5.41) is 4.52. The van der Waals surface area contributed by atoms with Crippen LogP contribution in [0.25, 0.3) is 27.1 Å². The molecule has 3 heterocycles. The molecule has 4 rings (SSSR count). The van der Waals surface area contributed by atoms with Gasteiger partial charge < -0.3 is 5.73 Å². The molecule has 0 radical (unpaired) electrons. The van der Waals surface area contributed by atoms with E-state index in [1.165, 1.54) is 0 Å². The highest BCUT2D eigenvalue weighted by Crippen LogP contribution is 2.28. The Morgan fingerprint density at radius 2 is 2.19 bits per heavy atom. The lowest BCUT2D eigenvalue weighted by Gasteiger charge is -2.08. The van der Waals surface area contributed by atoms with Crippen LogP contribution in [0.5, 0.6) is 0 Å². The van der Waals surface area contributed by atoms with E-state index in [-0.39, 0.29) is 0 Å². The fourth-order valence-electron chi connectivity index (χ4n) is 2.64. The number of nitrogens with two attached hydrogens (primary N) is 1. The summed E-state index contributed by atoms with van der Waals surface area (Å²) in [7, 11) is 0. The Balaban J connectivity index is 2.06. The largest absolute Gasteiger partial charge is 0.369 e. The molecule has 0 unspecified atom stereocenters. The summed E-state index contributed by atoms with van der Waals surface area (Å²) in [6.07, 6.45) is 0. The molecule has 1 aromatic carbocycles. The minimum atomic E-state index is 0.483. The number of fused-ring (bicyclic) bond motifs is 2. The van der Waals surface area contributed by atoms with Crippen LogP contribution in [-0.2, 0) is 6.54 Å². The smallest absolute Gasteiger partial charge is 0.207 e. The Kier molecular flexibility index (Phi) is 2.52. The van der Waals surface area contributed by atoms with Crippen LogP contribution in [0.1, 0.15) is 12.6 Å². The third-order valence-electron chi connectivity index (χ3n) is 3.61. The summed E-state index contributed by atoms with van der Waals surface area (Å²) in [6.45, 7) is 4.79. The molecule has 21 heavy (non-hydrogen) atoms. The predicted molar refractivity (Wildman–Crippen MR) is 84.9 cm³/mol. The molecule has 0 aliphatic carbocycles. The lowest BCUT2D eigenvalue weighted by Crippen LogP contribution is -2.06. The fraction of sp³-hybridized carbons (Fsp3) is 0.214. The highest BCUT2D eigenvalue weighted by atomic mass is 32.1. The zero-order valence-corrected chi connectivity index (χ0v) is 12.6. The molecule has 0 atom stereocenters. The third kappa shape index (κ3) is 1.67. The van der Waals surface area contributed by atoms with Gasteiger partial charge in [-0.2, -0.15) is 5.10 Å². The van der Waals surface area contributed by atoms with Gasteiger partial charge in [0.05, 0.1) is 27.1 Å². The number of thiazole rings is 1. The number of nitrogen functional groups attached to an aromatic ring is 1. The van der Waals surface area contributed by atoms with E-state index in [9.17, 15) is 0 Å². The van der Waals surface area contributed by atoms with E-state index in [1.807, 2.05) is 33.8 Å². The minimum Gasteiger partial charge on any atom is -0.369 e. The number of benzene rings is 1. The van der Waals surface area contributed by atoms with E-state index in [4.69, 9.17) is 5.73 Å². The van der Waals surface area contributed by atoms with Gasteiger partial charge in [0.1, 0.15) is 5.52 Å². The van der Waals surface area contributed by atoms with E-state index >= 15 is 0 Å². The standard InChI is InChI=1S/C14H14N6S/c1-3-19-13-12(8(2)18-19)17-14(15)20(13)9-4-5-10-11(6-9)21-7-16-10/h4-7H,3H2,1-2H3,(H2,15,17). The normalized spacial score (nSPS) is 11.7. The molecule has 0 saturated carbocycles. The van der Waals surface area contributed by atoms with E-state index in [0.29, 0.717) is 5.95 Å². The Hall–Kier alpha value is -2.41. The summed E-state index contributed by atoms with van der Waals surface area (Å²) in [5.41, 5.74) is 12.7. The van der Waals surface area contributed by atoms with Gasteiger partial charge in [-0.1, -0.05) is 0 Å². The van der Waals surface area contributed by atoms with Crippen LogP contribution in [0.3, 0.4) is 0 Å². The summed E-state index contributed by atoms with van der Waals surface area (Å²) < 4.78 is 5.02. The topological polar surface area (TPSA) is 74.6 Å². The van der Waals surface area contributed by atoms with Crippen molar-refractivity contribution in [3.05, 3.63) is 29.4 Å². The van der Waals surface area contributed by atoms with E-state index in [2.05, 4.69) is 28.1 Å². The second-order valence-corrected chi connectivity index (χ2v) is 5.77. The van der Waals surface area contributed by atoms with Crippen molar-refractivity contribution in [3.63, 3.8) is 0 Å². The number of aromatic nitrogens is 5. The minimum absolute atomic E-state index is 0.483. The first-order chi connectivity index (χ1) is 10.2. The van der Waals surface area contributed by atoms with Crippen molar-refractivity contribution in [3.8, 4) is 5.69 Å². The van der Waals surface area contributed by atoms with Gasteiger partial charge in [-0.3, -0.25) is 4.57 Å². The van der Waals surface area contributed by atoms with Crippen LogP contribution < -0.4 is 5.73 Å². The van der Waals surface area contributed by atoms with Gasteiger partial charge in [0, 0.05) is 6.54 Å². The summed E-state index contributed by atoms with van der Waals surface area (Å²) >= 11 is 1.62. The first-order valence-corrected chi connectivity index (χ1v) is 7.62. The number of rotatable bonds is 2. The second-order valence-electron chi connectivity index (χ2n) is 4.88. The lowest BCUT2D eigenvalue weighted by atomic mass is 10.3. The van der Waals surface area contributed by atoms with Gasteiger partial charge in [0.15, 0.2) is 5.65 Å².